The van der Waals surface area contributed by atoms with Crippen LogP contribution in [0.2, 0.25) is 5.02 Å². The summed E-state index contributed by atoms with van der Waals surface area (Å²) in [5.74, 6) is -0.790. The maximum absolute atomic E-state index is 13.0. The molecule has 0 radical (unpaired) electrons. The smallest absolute Gasteiger partial charge is 0.344 e. The minimum Gasteiger partial charge on any atom is -0.344 e. The molecule has 0 aliphatic heterocycles. The molecule has 35 heavy (non-hydrogen) atoms. The van der Waals surface area contributed by atoms with Crippen LogP contribution in [-0.4, -0.2) is 47.4 Å². The van der Waals surface area contributed by atoms with Gasteiger partial charge in [0.25, 0.3) is 17.8 Å². The van der Waals surface area contributed by atoms with Crippen LogP contribution in [0.4, 0.5) is 30.6 Å². The lowest BCUT2D eigenvalue weighted by atomic mass is 10.2. The van der Waals surface area contributed by atoms with Gasteiger partial charge in [0.15, 0.2) is 0 Å². The maximum Gasteiger partial charge on any atom is 0.417 e. The predicted molar refractivity (Wildman–Crippen MR) is 117 cm³/mol. The van der Waals surface area contributed by atoms with Crippen LogP contribution < -0.4 is 16.0 Å². The van der Waals surface area contributed by atoms with Crippen LogP contribution in [0.15, 0.2) is 36.8 Å². The number of H-pyrrole nitrogens is 1. The van der Waals surface area contributed by atoms with Gasteiger partial charge in [0.2, 0.25) is 0 Å². The van der Waals surface area contributed by atoms with E-state index in [1.807, 2.05) is 0 Å². The molecule has 0 unspecified atom stereocenters. The maximum atomic E-state index is 13.0. The molecule has 17 heteroatoms. The van der Waals surface area contributed by atoms with E-state index in [0.29, 0.717) is 5.01 Å². The lowest BCUT2D eigenvalue weighted by Crippen LogP contribution is -2.24. The average Bonchev–Trinajstić information content (AvgIpc) is 3.50. The number of aromatic amines is 1. The van der Waals surface area contributed by atoms with Gasteiger partial charge in [-0.25, -0.2) is 15.0 Å². The number of rotatable bonds is 7. The first kappa shape index (κ1) is 24.0. The monoisotopic (exact) mass is 524 g/mol. The Labute approximate surface area is 202 Å². The molecule has 0 fully saturated rings. The van der Waals surface area contributed by atoms with E-state index in [1.54, 1.807) is 0 Å². The minimum absolute atomic E-state index is 0.0203. The Bertz CT molecular complexity index is 1360. The summed E-state index contributed by atoms with van der Waals surface area (Å²) in [5.41, 5.74) is -1.10. The van der Waals surface area contributed by atoms with Crippen LogP contribution in [0.1, 0.15) is 30.7 Å². The zero-order chi connectivity index (χ0) is 25.0. The fraction of sp³-hybridized carbons (Fsp3) is 0.111. The summed E-state index contributed by atoms with van der Waals surface area (Å²) in [6.07, 6.45) is -2.25. The molecule has 0 spiro atoms. The highest BCUT2D eigenvalue weighted by Gasteiger charge is 2.33. The molecule has 3 heterocycles. The number of tetrazole rings is 1. The molecule has 0 atom stereocenters. The Morgan fingerprint density at radius 3 is 2.69 bits per heavy atom. The normalized spacial score (nSPS) is 11.2. The van der Waals surface area contributed by atoms with Crippen molar-refractivity contribution in [1.82, 2.24) is 40.9 Å². The van der Waals surface area contributed by atoms with Crippen molar-refractivity contribution in [3.8, 4) is 0 Å². The van der Waals surface area contributed by atoms with Crippen LogP contribution in [0.25, 0.3) is 0 Å². The average molecular weight is 525 g/mol. The van der Waals surface area contributed by atoms with Crippen LogP contribution in [0.5, 0.6) is 0 Å². The van der Waals surface area contributed by atoms with Gasteiger partial charge in [-0.2, -0.15) is 18.4 Å². The highest BCUT2D eigenvalue weighted by Crippen LogP contribution is 2.36. The first-order valence-corrected chi connectivity index (χ1v) is 10.6. The summed E-state index contributed by atoms with van der Waals surface area (Å²) >= 11 is 6.54. The van der Waals surface area contributed by atoms with Crippen LogP contribution in [-0.2, 0) is 12.7 Å². The van der Waals surface area contributed by atoms with Gasteiger partial charge in [-0.05, 0) is 23.4 Å². The number of carbonyl (C=O) groups excluding carboxylic acids is 2. The number of hydrogen-bond acceptors (Lipinski definition) is 10. The van der Waals surface area contributed by atoms with Crippen molar-refractivity contribution in [2.24, 2.45) is 0 Å². The molecule has 0 aliphatic rings. The summed E-state index contributed by atoms with van der Waals surface area (Å²) in [4.78, 5) is 36.9. The largest absolute Gasteiger partial charge is 0.417 e. The van der Waals surface area contributed by atoms with Crippen molar-refractivity contribution in [2.75, 3.05) is 10.6 Å². The number of benzene rings is 1. The number of anilines is 3. The number of nitrogens with zero attached hydrogens (tertiary/aromatic N) is 6. The molecule has 0 aliphatic carbocycles. The molecule has 0 saturated heterocycles. The SMILES string of the molecule is O=C(NCc1ncc(C(=O)Nc2ccc(Cl)c(C(F)(F)F)c2)s1)c1cc(Nc2nn[nH]n2)ncn1. The van der Waals surface area contributed by atoms with Crippen molar-refractivity contribution < 1.29 is 22.8 Å². The summed E-state index contributed by atoms with van der Waals surface area (Å²) < 4.78 is 39.0. The molecule has 3 aromatic heterocycles. The van der Waals surface area contributed by atoms with Gasteiger partial charge in [0, 0.05) is 11.8 Å². The minimum atomic E-state index is -4.67. The molecule has 4 rings (SSSR count). The van der Waals surface area contributed by atoms with E-state index >= 15 is 0 Å². The number of halogens is 4. The van der Waals surface area contributed by atoms with Crippen LogP contribution >= 0.6 is 22.9 Å². The second kappa shape index (κ2) is 9.98. The number of alkyl halides is 3. The summed E-state index contributed by atoms with van der Waals surface area (Å²) in [6, 6.07) is 4.41. The van der Waals surface area contributed by atoms with E-state index in [-0.39, 0.29) is 34.6 Å². The van der Waals surface area contributed by atoms with Crippen molar-refractivity contribution in [1.29, 1.82) is 0 Å². The lowest BCUT2D eigenvalue weighted by molar-refractivity contribution is -0.137. The quantitative estimate of drug-likeness (QED) is 0.284. The molecule has 12 nitrogen and oxygen atoms in total. The molecule has 0 saturated carbocycles. The molecule has 2 amide bonds. The zero-order valence-corrected chi connectivity index (χ0v) is 18.7. The third-order valence-electron chi connectivity index (χ3n) is 4.19. The first-order chi connectivity index (χ1) is 16.7. The molecule has 1 aromatic carbocycles. The lowest BCUT2D eigenvalue weighted by Gasteiger charge is -2.11. The Morgan fingerprint density at radius 2 is 1.94 bits per heavy atom. The van der Waals surface area contributed by atoms with E-state index in [0.717, 1.165) is 23.5 Å². The number of amides is 2. The zero-order valence-electron chi connectivity index (χ0n) is 17.1. The fourth-order valence-corrected chi connectivity index (χ4v) is 3.61. The number of thiazole rings is 1. The highest BCUT2D eigenvalue weighted by molar-refractivity contribution is 7.13. The van der Waals surface area contributed by atoms with Crippen LogP contribution in [0.3, 0.4) is 0 Å². The number of hydrogen-bond donors (Lipinski definition) is 4. The summed E-state index contributed by atoms with van der Waals surface area (Å²) in [7, 11) is 0. The Morgan fingerprint density at radius 1 is 1.11 bits per heavy atom. The topological polar surface area (TPSA) is 163 Å². The third-order valence-corrected chi connectivity index (χ3v) is 5.52. The molecule has 0 bridgehead atoms. The molecular formula is C18H12ClF3N10O2S. The summed E-state index contributed by atoms with van der Waals surface area (Å²) in [5, 5.41) is 20.7. The van der Waals surface area contributed by atoms with Crippen molar-refractivity contribution in [3.05, 3.63) is 63.0 Å². The molecule has 4 aromatic rings. The standard InChI is InChI=1S/C18H12ClF3N10O2S/c19-10-2-1-8(3-9(10)18(20,21)22)27-16(34)12-5-23-14(35-12)6-24-15(33)11-4-13(26-7-25-11)28-17-29-31-32-30-17/h1-5,7H,6H2,(H,24,33)(H,27,34)(H2,25,26,28,29,30,31,32). The van der Waals surface area contributed by atoms with E-state index in [2.05, 4.69) is 51.5 Å². The van der Waals surface area contributed by atoms with Crippen molar-refractivity contribution in [3.63, 3.8) is 0 Å². The Kier molecular flexibility index (Phi) is 6.83. The Hall–Kier alpha value is -4.18. The van der Waals surface area contributed by atoms with Crippen molar-refractivity contribution >= 4 is 52.2 Å². The van der Waals surface area contributed by atoms with E-state index in [4.69, 9.17) is 11.6 Å². The van der Waals surface area contributed by atoms with Gasteiger partial charge in [0.1, 0.15) is 27.7 Å². The fourth-order valence-electron chi connectivity index (χ4n) is 2.64. The summed E-state index contributed by atoms with van der Waals surface area (Å²) in [6.45, 7) is -0.0203. The molecular weight excluding hydrogens is 513 g/mol. The van der Waals surface area contributed by atoms with E-state index in [1.165, 1.54) is 24.7 Å². The highest BCUT2D eigenvalue weighted by atomic mass is 35.5. The van der Waals surface area contributed by atoms with Gasteiger partial charge in [-0.3, -0.25) is 9.59 Å². The number of carbonyl (C=O) groups is 2. The van der Waals surface area contributed by atoms with E-state index in [9.17, 15) is 22.8 Å². The number of aromatic nitrogens is 7. The Balaban J connectivity index is 1.35. The van der Waals surface area contributed by atoms with Gasteiger partial charge < -0.3 is 16.0 Å². The second-order valence-corrected chi connectivity index (χ2v) is 8.12. The van der Waals surface area contributed by atoms with E-state index < -0.39 is 28.6 Å². The second-order valence-electron chi connectivity index (χ2n) is 6.60. The van der Waals surface area contributed by atoms with Crippen molar-refractivity contribution in [2.45, 2.75) is 12.7 Å². The molecule has 4 N–H and O–H groups in total. The van der Waals surface area contributed by atoms with Gasteiger partial charge in [0.05, 0.1) is 23.3 Å². The third kappa shape index (κ3) is 6.04. The van der Waals surface area contributed by atoms with Gasteiger partial charge >= 0.3 is 6.18 Å². The van der Waals surface area contributed by atoms with Gasteiger partial charge in [-0.1, -0.05) is 16.7 Å². The van der Waals surface area contributed by atoms with Crippen LogP contribution in [0, 0.1) is 0 Å². The number of nitrogens with one attached hydrogen (secondary N) is 4. The predicted octanol–water partition coefficient (Wildman–Crippen LogP) is 3.04. The molecule has 180 valence electrons. The first-order valence-electron chi connectivity index (χ1n) is 9.42. The van der Waals surface area contributed by atoms with Gasteiger partial charge in [-0.15, -0.1) is 16.4 Å².